The molecule has 0 saturated carbocycles. The van der Waals surface area contributed by atoms with Gasteiger partial charge in [0.05, 0.1) is 0 Å². The Bertz CT molecular complexity index is 493. The van der Waals surface area contributed by atoms with Crippen LogP contribution in [0.5, 0.6) is 0 Å². The minimum absolute atomic E-state index is 0.0968. The van der Waals surface area contributed by atoms with Crippen molar-refractivity contribution in [3.8, 4) is 0 Å². The molecule has 20 heavy (non-hydrogen) atoms. The van der Waals surface area contributed by atoms with E-state index < -0.39 is 0 Å². The topological polar surface area (TPSA) is 97.3 Å². The van der Waals surface area contributed by atoms with Gasteiger partial charge in [0, 0.05) is 25.2 Å². The van der Waals surface area contributed by atoms with Gasteiger partial charge in [-0.15, -0.1) is 6.58 Å². The summed E-state index contributed by atoms with van der Waals surface area (Å²) in [5.74, 6) is 0.0843. The molecule has 0 aromatic carbocycles. The number of hydrogen-bond donors (Lipinski definition) is 3. The zero-order valence-corrected chi connectivity index (χ0v) is 12.4. The number of rotatable bonds is 4. The molecule has 0 aliphatic carbocycles. The van der Waals surface area contributed by atoms with Crippen LogP contribution in [0.4, 0.5) is 10.9 Å². The second kappa shape index (κ2) is 6.23. The number of nitrogens with two attached hydrogens (primary N) is 2. The van der Waals surface area contributed by atoms with Gasteiger partial charge in [-0.1, -0.05) is 17.4 Å². The Kier molecular flexibility index (Phi) is 4.61. The minimum atomic E-state index is -0.202. The number of nitrogen functional groups attached to an aromatic ring is 1. The Labute approximate surface area is 122 Å². The maximum atomic E-state index is 12.1. The molecule has 1 fully saturated rings. The molecule has 2 rings (SSSR count). The van der Waals surface area contributed by atoms with Gasteiger partial charge >= 0.3 is 0 Å². The summed E-state index contributed by atoms with van der Waals surface area (Å²) in [6.07, 6.45) is 3.55. The summed E-state index contributed by atoms with van der Waals surface area (Å²) in [7, 11) is 0. The van der Waals surface area contributed by atoms with Gasteiger partial charge in [0.25, 0.3) is 5.91 Å². The molecule has 6 nitrogen and oxygen atoms in total. The maximum Gasteiger partial charge on any atom is 0.265 e. The average molecular weight is 295 g/mol. The van der Waals surface area contributed by atoms with Gasteiger partial charge in [0.1, 0.15) is 10.7 Å². The predicted octanol–water partition coefficient (Wildman–Crippen LogP) is 0.957. The number of carbonyl (C=O) groups excluding carboxylic acids is 1. The van der Waals surface area contributed by atoms with Crippen molar-refractivity contribution in [2.45, 2.75) is 31.8 Å². The highest BCUT2D eigenvalue weighted by Gasteiger charge is 2.23. The summed E-state index contributed by atoms with van der Waals surface area (Å²) in [6.45, 7) is 7.21. The van der Waals surface area contributed by atoms with Crippen LogP contribution < -0.4 is 21.7 Å². The van der Waals surface area contributed by atoms with Crippen molar-refractivity contribution in [3.63, 3.8) is 0 Å². The molecule has 1 aromatic rings. The van der Waals surface area contributed by atoms with Crippen LogP contribution >= 0.6 is 11.3 Å². The van der Waals surface area contributed by atoms with Gasteiger partial charge < -0.3 is 21.7 Å². The van der Waals surface area contributed by atoms with Crippen LogP contribution in [0.2, 0.25) is 0 Å². The number of amides is 1. The number of hydrogen-bond acceptors (Lipinski definition) is 6. The van der Waals surface area contributed by atoms with Crippen molar-refractivity contribution in [2.24, 2.45) is 5.73 Å². The molecule has 0 spiro atoms. The Morgan fingerprint density at radius 1 is 1.60 bits per heavy atom. The molecule has 110 valence electrons. The molecule has 1 unspecified atom stereocenters. The van der Waals surface area contributed by atoms with E-state index in [1.165, 1.54) is 11.3 Å². The summed E-state index contributed by atoms with van der Waals surface area (Å²) in [6, 6.07) is 0.167. The number of nitrogens with one attached hydrogen (secondary N) is 1. The maximum absolute atomic E-state index is 12.1. The lowest BCUT2D eigenvalue weighted by Gasteiger charge is -2.29. The Balaban J connectivity index is 2.09. The third-order valence-electron chi connectivity index (χ3n) is 3.37. The predicted molar refractivity (Wildman–Crippen MR) is 83.1 cm³/mol. The van der Waals surface area contributed by atoms with Crippen LogP contribution in [-0.2, 0) is 0 Å². The van der Waals surface area contributed by atoms with Crippen LogP contribution in [0.3, 0.4) is 0 Å². The third kappa shape index (κ3) is 3.29. The number of anilines is 2. The van der Waals surface area contributed by atoms with Gasteiger partial charge in [-0.25, -0.2) is 4.98 Å². The van der Waals surface area contributed by atoms with Crippen molar-refractivity contribution in [1.82, 2.24) is 10.3 Å². The van der Waals surface area contributed by atoms with E-state index >= 15 is 0 Å². The van der Waals surface area contributed by atoms with Gasteiger partial charge in [0.15, 0.2) is 5.13 Å². The first-order valence-corrected chi connectivity index (χ1v) is 7.53. The van der Waals surface area contributed by atoms with E-state index in [0.717, 1.165) is 31.1 Å². The fourth-order valence-corrected chi connectivity index (χ4v) is 2.98. The van der Waals surface area contributed by atoms with E-state index in [-0.39, 0.29) is 23.8 Å². The van der Waals surface area contributed by atoms with Gasteiger partial charge in [0.2, 0.25) is 0 Å². The van der Waals surface area contributed by atoms with E-state index in [1.807, 2.05) is 6.92 Å². The molecule has 7 heteroatoms. The lowest BCUT2D eigenvalue weighted by atomic mass is 10.1. The first-order valence-electron chi connectivity index (χ1n) is 6.71. The summed E-state index contributed by atoms with van der Waals surface area (Å²) in [5, 5.41) is 3.60. The summed E-state index contributed by atoms with van der Waals surface area (Å²) < 4.78 is 0. The lowest BCUT2D eigenvalue weighted by Crippen LogP contribution is -2.39. The molecule has 2 heterocycles. The van der Waals surface area contributed by atoms with Crippen molar-refractivity contribution >= 4 is 28.2 Å². The number of piperidine rings is 1. The van der Waals surface area contributed by atoms with Crippen LogP contribution in [0, 0.1) is 0 Å². The first kappa shape index (κ1) is 14.8. The lowest BCUT2D eigenvalue weighted by molar-refractivity contribution is 0.0951. The van der Waals surface area contributed by atoms with E-state index in [2.05, 4.69) is 21.8 Å². The molecular weight excluding hydrogens is 274 g/mol. The van der Waals surface area contributed by atoms with Crippen LogP contribution in [0.25, 0.3) is 0 Å². The molecule has 1 aromatic heterocycles. The van der Waals surface area contributed by atoms with Gasteiger partial charge in [-0.3, -0.25) is 4.79 Å². The highest BCUT2D eigenvalue weighted by Crippen LogP contribution is 2.29. The standard InChI is InChI=1S/C13H21N5OS/c1-3-8(2)16-12(19)10-11(15)17-13(20-10)18-6-4-9(14)5-7-18/h3,8-9H,1,4-7,14-15H2,2H3,(H,16,19). The molecule has 0 radical (unpaired) electrons. The van der Waals surface area contributed by atoms with Crippen LogP contribution in [0.1, 0.15) is 29.4 Å². The molecule has 1 aliphatic heterocycles. The summed E-state index contributed by atoms with van der Waals surface area (Å²) in [4.78, 5) is 19.0. The zero-order valence-electron chi connectivity index (χ0n) is 11.6. The SMILES string of the molecule is C=CC(C)NC(=O)c1sc(N2CCC(N)CC2)nc1N. The Hall–Kier alpha value is -1.60. The molecule has 1 saturated heterocycles. The third-order valence-corrected chi connectivity index (χ3v) is 4.50. The first-order chi connectivity index (χ1) is 9.51. The van der Waals surface area contributed by atoms with Crippen LogP contribution in [-0.4, -0.2) is 36.1 Å². The fraction of sp³-hybridized carbons (Fsp3) is 0.538. The van der Waals surface area contributed by atoms with Gasteiger partial charge in [-0.2, -0.15) is 0 Å². The number of aromatic nitrogens is 1. The monoisotopic (exact) mass is 295 g/mol. The highest BCUT2D eigenvalue weighted by molar-refractivity contribution is 7.18. The summed E-state index contributed by atoms with van der Waals surface area (Å²) >= 11 is 1.33. The number of carbonyl (C=O) groups is 1. The Morgan fingerprint density at radius 3 is 2.85 bits per heavy atom. The number of nitrogens with zero attached hydrogens (tertiary/aromatic N) is 2. The number of thiazole rings is 1. The zero-order chi connectivity index (χ0) is 14.7. The second-order valence-electron chi connectivity index (χ2n) is 5.03. The smallest absolute Gasteiger partial charge is 0.265 e. The summed E-state index contributed by atoms with van der Waals surface area (Å²) in [5.41, 5.74) is 11.7. The van der Waals surface area contributed by atoms with Gasteiger partial charge in [-0.05, 0) is 19.8 Å². The quantitative estimate of drug-likeness (QED) is 0.719. The van der Waals surface area contributed by atoms with Crippen LogP contribution in [0.15, 0.2) is 12.7 Å². The molecule has 1 atom stereocenters. The van der Waals surface area contributed by atoms with E-state index in [1.54, 1.807) is 6.08 Å². The van der Waals surface area contributed by atoms with E-state index in [4.69, 9.17) is 11.5 Å². The largest absolute Gasteiger partial charge is 0.382 e. The molecule has 0 bridgehead atoms. The minimum Gasteiger partial charge on any atom is -0.382 e. The van der Waals surface area contributed by atoms with E-state index in [0.29, 0.717) is 4.88 Å². The molecule has 5 N–H and O–H groups in total. The highest BCUT2D eigenvalue weighted by atomic mass is 32.1. The van der Waals surface area contributed by atoms with Crippen molar-refractivity contribution in [1.29, 1.82) is 0 Å². The van der Waals surface area contributed by atoms with Crippen molar-refractivity contribution in [2.75, 3.05) is 23.7 Å². The fourth-order valence-electron chi connectivity index (χ4n) is 2.04. The molecule has 1 aliphatic rings. The van der Waals surface area contributed by atoms with Crippen molar-refractivity contribution in [3.05, 3.63) is 17.5 Å². The van der Waals surface area contributed by atoms with E-state index in [9.17, 15) is 4.79 Å². The molecule has 1 amide bonds. The average Bonchev–Trinajstić information content (AvgIpc) is 2.81. The Morgan fingerprint density at radius 2 is 2.25 bits per heavy atom. The van der Waals surface area contributed by atoms with Crippen molar-refractivity contribution < 1.29 is 4.79 Å². The second-order valence-corrected chi connectivity index (χ2v) is 6.01. The normalized spacial score (nSPS) is 17.8. The molecular formula is C13H21N5OS.